The molecule has 1 N–H and O–H groups in total. The van der Waals surface area contributed by atoms with E-state index in [0.29, 0.717) is 23.0 Å². The number of aryl methyl sites for hydroxylation is 1. The number of carbonyl (C=O) groups is 2. The number of Topliss-reactive ketones (excluding diaryl/α,β-unsaturated/α-hetero) is 1. The molecule has 0 bridgehead atoms. The van der Waals surface area contributed by atoms with E-state index in [1.54, 1.807) is 37.3 Å². The summed E-state index contributed by atoms with van der Waals surface area (Å²) in [4.78, 5) is 28.4. The van der Waals surface area contributed by atoms with Crippen LogP contribution in [0.5, 0.6) is 11.5 Å². The minimum atomic E-state index is -0.859. The third kappa shape index (κ3) is 3.70. The van der Waals surface area contributed by atoms with E-state index >= 15 is 0 Å². The number of likely N-dealkylation sites (tertiary alicyclic amines) is 1. The minimum Gasteiger partial charge on any atom is -0.507 e. The molecular formula is C23H21NO6S. The summed E-state index contributed by atoms with van der Waals surface area (Å²) in [5, 5.41) is 13.1. The SMILES string of the molecule is COc1ccc(/C(O)=C2/C(=O)C(=O)N(Cc3cccs3)C2c2ccc(C)o2)c(OC)c1. The van der Waals surface area contributed by atoms with Gasteiger partial charge in [0, 0.05) is 10.9 Å². The fourth-order valence-electron chi connectivity index (χ4n) is 3.65. The zero-order valence-corrected chi connectivity index (χ0v) is 18.1. The normalized spacial score (nSPS) is 17.9. The number of amides is 1. The van der Waals surface area contributed by atoms with E-state index in [1.807, 2.05) is 17.5 Å². The van der Waals surface area contributed by atoms with Crippen molar-refractivity contribution in [1.82, 2.24) is 4.90 Å². The van der Waals surface area contributed by atoms with Crippen molar-refractivity contribution in [2.24, 2.45) is 0 Å². The number of aliphatic hydroxyl groups excluding tert-OH is 1. The van der Waals surface area contributed by atoms with Crippen LogP contribution in [0.25, 0.3) is 5.76 Å². The van der Waals surface area contributed by atoms with Crippen molar-refractivity contribution in [3.63, 3.8) is 0 Å². The number of nitrogens with zero attached hydrogens (tertiary/aromatic N) is 1. The van der Waals surface area contributed by atoms with Crippen LogP contribution in [-0.4, -0.2) is 35.9 Å². The van der Waals surface area contributed by atoms with Gasteiger partial charge in [-0.05, 0) is 42.6 Å². The van der Waals surface area contributed by atoms with Crippen molar-refractivity contribution in [2.75, 3.05) is 14.2 Å². The molecule has 8 heteroatoms. The smallest absolute Gasteiger partial charge is 0.296 e. The monoisotopic (exact) mass is 439 g/mol. The molecule has 0 radical (unpaired) electrons. The molecule has 31 heavy (non-hydrogen) atoms. The summed E-state index contributed by atoms with van der Waals surface area (Å²) in [5.74, 6) is 0.0968. The first-order valence-corrected chi connectivity index (χ1v) is 10.4. The van der Waals surface area contributed by atoms with Crippen molar-refractivity contribution < 1.29 is 28.6 Å². The predicted octanol–water partition coefficient (Wildman–Crippen LogP) is 4.29. The molecule has 7 nitrogen and oxygen atoms in total. The first-order chi connectivity index (χ1) is 14.9. The maximum atomic E-state index is 13.1. The van der Waals surface area contributed by atoms with E-state index in [4.69, 9.17) is 13.9 Å². The van der Waals surface area contributed by atoms with Gasteiger partial charge in [0.25, 0.3) is 11.7 Å². The average Bonchev–Trinajstić information content (AvgIpc) is 3.50. The number of thiophene rings is 1. The van der Waals surface area contributed by atoms with Crippen LogP contribution in [0.15, 0.2) is 57.8 Å². The Kier molecular flexibility index (Phi) is 5.56. The number of rotatable bonds is 6. The van der Waals surface area contributed by atoms with Crippen molar-refractivity contribution in [2.45, 2.75) is 19.5 Å². The van der Waals surface area contributed by atoms with Crippen LogP contribution in [-0.2, 0) is 16.1 Å². The Morgan fingerprint density at radius 1 is 1.16 bits per heavy atom. The van der Waals surface area contributed by atoms with Crippen molar-refractivity contribution >= 4 is 28.8 Å². The lowest BCUT2D eigenvalue weighted by molar-refractivity contribution is -0.140. The van der Waals surface area contributed by atoms with Crippen molar-refractivity contribution in [1.29, 1.82) is 0 Å². The molecule has 160 valence electrons. The molecule has 1 unspecified atom stereocenters. The van der Waals surface area contributed by atoms with E-state index in [0.717, 1.165) is 4.88 Å². The van der Waals surface area contributed by atoms with Gasteiger partial charge in [0.15, 0.2) is 0 Å². The van der Waals surface area contributed by atoms with Crippen LogP contribution in [0.2, 0.25) is 0 Å². The van der Waals surface area contributed by atoms with Crippen LogP contribution < -0.4 is 9.47 Å². The fraction of sp³-hybridized carbons (Fsp3) is 0.217. The zero-order chi connectivity index (χ0) is 22.1. The second-order valence-corrected chi connectivity index (χ2v) is 8.05. The van der Waals surface area contributed by atoms with Crippen molar-refractivity contribution in [3.05, 3.63) is 75.4 Å². The Labute approximate surface area is 183 Å². The molecule has 3 aromatic rings. The van der Waals surface area contributed by atoms with Gasteiger partial charge in [-0.25, -0.2) is 0 Å². The Morgan fingerprint density at radius 3 is 2.58 bits per heavy atom. The van der Waals surface area contributed by atoms with E-state index in [9.17, 15) is 14.7 Å². The lowest BCUT2D eigenvalue weighted by Crippen LogP contribution is -2.28. The van der Waals surface area contributed by atoms with Gasteiger partial charge in [-0.15, -0.1) is 11.3 Å². The molecule has 1 aromatic carbocycles. The molecule has 2 aromatic heterocycles. The Hall–Kier alpha value is -3.52. The highest BCUT2D eigenvalue weighted by Gasteiger charge is 2.47. The number of carbonyl (C=O) groups excluding carboxylic acids is 2. The molecular weight excluding hydrogens is 418 g/mol. The van der Waals surface area contributed by atoms with Gasteiger partial charge in [-0.2, -0.15) is 0 Å². The van der Waals surface area contributed by atoms with Crippen LogP contribution in [0.3, 0.4) is 0 Å². The summed E-state index contributed by atoms with van der Waals surface area (Å²) in [7, 11) is 2.97. The fourth-order valence-corrected chi connectivity index (χ4v) is 4.35. The molecule has 1 aliphatic heterocycles. The Morgan fingerprint density at radius 2 is 1.97 bits per heavy atom. The van der Waals surface area contributed by atoms with Crippen LogP contribution in [0.4, 0.5) is 0 Å². The number of aliphatic hydroxyl groups is 1. The van der Waals surface area contributed by atoms with Gasteiger partial charge >= 0.3 is 0 Å². The van der Waals surface area contributed by atoms with Gasteiger partial charge in [-0.1, -0.05) is 6.07 Å². The summed E-state index contributed by atoms with van der Waals surface area (Å²) in [6, 6.07) is 11.2. The highest BCUT2D eigenvalue weighted by molar-refractivity contribution is 7.09. The molecule has 1 fully saturated rings. The van der Waals surface area contributed by atoms with Gasteiger partial charge in [0.05, 0.1) is 31.9 Å². The highest BCUT2D eigenvalue weighted by Crippen LogP contribution is 2.42. The van der Waals surface area contributed by atoms with Crippen LogP contribution >= 0.6 is 11.3 Å². The van der Waals surface area contributed by atoms with E-state index in [2.05, 4.69) is 0 Å². The molecule has 4 rings (SSSR count). The summed E-state index contributed by atoms with van der Waals surface area (Å²) >= 11 is 1.48. The summed E-state index contributed by atoms with van der Waals surface area (Å²) in [6.07, 6.45) is 0. The molecule has 1 atom stereocenters. The number of hydrogen-bond donors (Lipinski definition) is 1. The predicted molar refractivity (Wildman–Crippen MR) is 115 cm³/mol. The number of methoxy groups -OCH3 is 2. The van der Waals surface area contributed by atoms with E-state index in [1.165, 1.54) is 30.5 Å². The van der Waals surface area contributed by atoms with Crippen LogP contribution in [0, 0.1) is 6.92 Å². The van der Waals surface area contributed by atoms with Crippen LogP contribution in [0.1, 0.15) is 28.0 Å². The first kappa shape index (κ1) is 20.7. The largest absolute Gasteiger partial charge is 0.507 e. The van der Waals surface area contributed by atoms with Gasteiger partial charge < -0.3 is 23.9 Å². The number of hydrogen-bond acceptors (Lipinski definition) is 7. The molecule has 1 aliphatic rings. The maximum absolute atomic E-state index is 13.1. The lowest BCUT2D eigenvalue weighted by atomic mass is 9.98. The topological polar surface area (TPSA) is 89.2 Å². The first-order valence-electron chi connectivity index (χ1n) is 9.54. The lowest BCUT2D eigenvalue weighted by Gasteiger charge is -2.23. The molecule has 0 aliphatic carbocycles. The summed E-state index contributed by atoms with van der Waals surface area (Å²) in [5.41, 5.74) is 0.241. The molecule has 1 amide bonds. The number of ketones is 1. The number of furan rings is 1. The Bertz CT molecular complexity index is 1160. The molecule has 0 spiro atoms. The van der Waals surface area contributed by atoms with Crippen molar-refractivity contribution in [3.8, 4) is 11.5 Å². The summed E-state index contributed by atoms with van der Waals surface area (Å²) < 4.78 is 16.4. The zero-order valence-electron chi connectivity index (χ0n) is 17.2. The molecule has 3 heterocycles. The number of benzene rings is 1. The van der Waals surface area contributed by atoms with E-state index in [-0.39, 0.29) is 23.4 Å². The minimum absolute atomic E-state index is 0.0422. The van der Waals surface area contributed by atoms with Gasteiger partial charge in [0.2, 0.25) is 0 Å². The third-order valence-electron chi connectivity index (χ3n) is 5.14. The van der Waals surface area contributed by atoms with E-state index < -0.39 is 17.7 Å². The van der Waals surface area contributed by atoms with Gasteiger partial charge in [0.1, 0.15) is 34.8 Å². The molecule has 1 saturated heterocycles. The quantitative estimate of drug-likeness (QED) is 0.350. The third-order valence-corrected chi connectivity index (χ3v) is 6.00. The second kappa shape index (κ2) is 8.31. The highest BCUT2D eigenvalue weighted by atomic mass is 32.1. The summed E-state index contributed by atoms with van der Waals surface area (Å²) in [6.45, 7) is 2.00. The second-order valence-electron chi connectivity index (χ2n) is 7.02. The number of ether oxygens (including phenoxy) is 2. The Balaban J connectivity index is 1.88. The maximum Gasteiger partial charge on any atom is 0.296 e. The molecule has 0 saturated carbocycles. The van der Waals surface area contributed by atoms with Gasteiger partial charge in [-0.3, -0.25) is 9.59 Å². The standard InChI is InChI=1S/C23H21NO6S/c1-13-6-9-17(30-13)20-19(21(25)16-8-7-14(28-2)11-18(16)29-3)22(26)23(27)24(20)12-15-5-4-10-31-15/h4-11,20,25H,12H2,1-3H3/b21-19-. The average molecular weight is 439 g/mol.